The molecule has 0 bridgehead atoms. The number of hydrogen-bond acceptors (Lipinski definition) is 5. The van der Waals surface area contributed by atoms with Crippen molar-refractivity contribution in [1.82, 2.24) is 25.8 Å². The van der Waals surface area contributed by atoms with Crippen molar-refractivity contribution in [2.45, 2.75) is 101 Å². The molecule has 2 saturated heterocycles. The van der Waals surface area contributed by atoms with Crippen LogP contribution < -0.4 is 16.0 Å². The van der Waals surface area contributed by atoms with E-state index in [0.717, 1.165) is 71.1 Å². The van der Waals surface area contributed by atoms with Crippen LogP contribution in [0.1, 0.15) is 81.9 Å². The predicted octanol–water partition coefficient (Wildman–Crippen LogP) is 3.00. The number of nitrogens with one attached hydrogen (secondary N) is 3. The van der Waals surface area contributed by atoms with Crippen LogP contribution in [-0.2, 0) is 16.0 Å². The largest absolute Gasteiger partial charge is 0.343 e. The molecule has 1 aromatic rings. The van der Waals surface area contributed by atoms with E-state index >= 15 is 0 Å². The SMILES string of the molecule is CN[C@@H](C)C(=O)N[C@H](C(=O)N1C[C@H]2CCCN2C[C@@H]1CN[C@@H]1CCCc2ccccc21)C1CCCCC1. The minimum Gasteiger partial charge on any atom is -0.343 e. The number of piperazine rings is 1. The molecule has 1 aromatic carbocycles. The number of fused-ring (bicyclic) bond motifs is 2. The summed E-state index contributed by atoms with van der Waals surface area (Å²) in [6.45, 7) is 5.51. The first kappa shape index (κ1) is 26.6. The Morgan fingerprint density at radius 2 is 1.81 bits per heavy atom. The van der Waals surface area contributed by atoms with Crippen LogP contribution in [0.4, 0.5) is 0 Å². The number of likely N-dealkylation sites (N-methyl/N-ethyl adjacent to an activating group) is 1. The maximum absolute atomic E-state index is 14.3. The fourth-order valence-corrected chi connectivity index (χ4v) is 7.21. The molecule has 3 fully saturated rings. The van der Waals surface area contributed by atoms with Crippen LogP contribution in [0.25, 0.3) is 0 Å². The van der Waals surface area contributed by atoms with Gasteiger partial charge in [0.05, 0.1) is 12.1 Å². The lowest BCUT2D eigenvalue weighted by atomic mass is 9.82. The van der Waals surface area contributed by atoms with Crippen molar-refractivity contribution in [3.63, 3.8) is 0 Å². The van der Waals surface area contributed by atoms with Crippen molar-refractivity contribution in [3.05, 3.63) is 35.4 Å². The van der Waals surface area contributed by atoms with E-state index in [9.17, 15) is 9.59 Å². The van der Waals surface area contributed by atoms with Gasteiger partial charge in [-0.15, -0.1) is 0 Å². The van der Waals surface area contributed by atoms with E-state index in [1.54, 1.807) is 7.05 Å². The van der Waals surface area contributed by atoms with Gasteiger partial charge in [-0.25, -0.2) is 0 Å². The van der Waals surface area contributed by atoms with Crippen LogP contribution in [0.2, 0.25) is 0 Å². The molecule has 2 amide bonds. The summed E-state index contributed by atoms with van der Waals surface area (Å²) in [6.07, 6.45) is 11.5. The molecule has 3 N–H and O–H groups in total. The van der Waals surface area contributed by atoms with Crippen LogP contribution in [0.3, 0.4) is 0 Å². The summed E-state index contributed by atoms with van der Waals surface area (Å²) < 4.78 is 0. The molecule has 5 rings (SSSR count). The Bertz CT molecular complexity index is 932. The minimum absolute atomic E-state index is 0.0700. The van der Waals surface area contributed by atoms with Gasteiger partial charge in [0.2, 0.25) is 11.8 Å². The monoisotopic (exact) mass is 509 g/mol. The standard InChI is InChI=1S/C30H47N5O2/c1-21(31-2)29(36)33-28(23-11-4-3-5-12-23)30(37)35-20-24-14-9-17-34(24)19-25(35)18-32-27-16-8-13-22-10-6-7-15-26(22)27/h6-7,10,15,21,23-25,27-28,31-32H,3-5,8-9,11-14,16-20H2,1-2H3,(H,33,36)/t21-,24+,25-,27+,28-/m0/s1. The molecule has 0 aromatic heterocycles. The maximum atomic E-state index is 14.3. The second-order valence-electron chi connectivity index (χ2n) is 11.9. The Hall–Kier alpha value is -1.96. The molecule has 0 unspecified atom stereocenters. The first-order valence-corrected chi connectivity index (χ1v) is 14.9. The molecule has 4 aliphatic rings. The van der Waals surface area contributed by atoms with E-state index in [0.29, 0.717) is 12.1 Å². The van der Waals surface area contributed by atoms with Gasteiger partial charge < -0.3 is 20.9 Å². The first-order chi connectivity index (χ1) is 18.0. The summed E-state index contributed by atoms with van der Waals surface area (Å²) in [5.74, 6) is 0.306. The van der Waals surface area contributed by atoms with E-state index < -0.39 is 6.04 Å². The molecule has 2 aliphatic heterocycles. The third kappa shape index (κ3) is 6.04. The Labute approximate surface area is 223 Å². The lowest BCUT2D eigenvalue weighted by Gasteiger charge is -2.46. The van der Waals surface area contributed by atoms with E-state index in [1.165, 1.54) is 30.4 Å². The highest BCUT2D eigenvalue weighted by Gasteiger charge is 2.43. The normalized spacial score (nSPS) is 28.3. The summed E-state index contributed by atoms with van der Waals surface area (Å²) in [5.41, 5.74) is 2.89. The molecule has 5 atom stereocenters. The van der Waals surface area contributed by atoms with E-state index in [4.69, 9.17) is 0 Å². The summed E-state index contributed by atoms with van der Waals surface area (Å²) in [5, 5.41) is 10.1. The number of nitrogens with zero attached hydrogens (tertiary/aromatic N) is 2. The van der Waals surface area contributed by atoms with Gasteiger partial charge in [-0.2, -0.15) is 0 Å². The average molecular weight is 510 g/mol. The van der Waals surface area contributed by atoms with Crippen molar-refractivity contribution in [2.75, 3.05) is 33.2 Å². The molecule has 7 heteroatoms. The summed E-state index contributed by atoms with van der Waals surface area (Å²) in [4.78, 5) is 32.1. The first-order valence-electron chi connectivity index (χ1n) is 14.9. The van der Waals surface area contributed by atoms with Crippen LogP contribution >= 0.6 is 0 Å². The second kappa shape index (κ2) is 12.3. The smallest absolute Gasteiger partial charge is 0.245 e. The fourth-order valence-electron chi connectivity index (χ4n) is 7.21. The van der Waals surface area contributed by atoms with Crippen molar-refractivity contribution in [3.8, 4) is 0 Å². The van der Waals surface area contributed by atoms with Gasteiger partial charge in [0.15, 0.2) is 0 Å². The minimum atomic E-state index is -0.422. The van der Waals surface area contributed by atoms with Crippen molar-refractivity contribution in [2.24, 2.45) is 5.92 Å². The highest BCUT2D eigenvalue weighted by molar-refractivity contribution is 5.90. The topological polar surface area (TPSA) is 76.7 Å². The third-order valence-corrected chi connectivity index (χ3v) is 9.56. The summed E-state index contributed by atoms with van der Waals surface area (Å²) in [7, 11) is 1.80. The van der Waals surface area contributed by atoms with E-state index in [2.05, 4.69) is 50.0 Å². The number of benzene rings is 1. The molecule has 0 radical (unpaired) electrons. The summed E-state index contributed by atoms with van der Waals surface area (Å²) in [6, 6.07) is 9.02. The molecule has 2 heterocycles. The summed E-state index contributed by atoms with van der Waals surface area (Å²) >= 11 is 0. The molecule has 2 aliphatic carbocycles. The zero-order valence-corrected chi connectivity index (χ0v) is 22.9. The fraction of sp³-hybridized carbons (Fsp3) is 0.733. The highest BCUT2D eigenvalue weighted by atomic mass is 16.2. The van der Waals surface area contributed by atoms with Crippen LogP contribution in [-0.4, -0.2) is 79.0 Å². The Balaban J connectivity index is 1.34. The van der Waals surface area contributed by atoms with Crippen LogP contribution in [0.15, 0.2) is 24.3 Å². The quantitative estimate of drug-likeness (QED) is 0.502. The van der Waals surface area contributed by atoms with Crippen molar-refractivity contribution < 1.29 is 9.59 Å². The van der Waals surface area contributed by atoms with Gasteiger partial charge in [0, 0.05) is 31.7 Å². The Morgan fingerprint density at radius 1 is 1.00 bits per heavy atom. The molecular formula is C30H47N5O2. The van der Waals surface area contributed by atoms with E-state index in [-0.39, 0.29) is 29.8 Å². The number of aryl methyl sites for hydroxylation is 1. The predicted molar refractivity (Wildman–Crippen MR) is 147 cm³/mol. The number of carbonyl (C=O) groups is 2. The van der Waals surface area contributed by atoms with Gasteiger partial charge in [-0.3, -0.25) is 14.5 Å². The van der Waals surface area contributed by atoms with Crippen molar-refractivity contribution in [1.29, 1.82) is 0 Å². The van der Waals surface area contributed by atoms with Crippen LogP contribution in [0, 0.1) is 5.92 Å². The lowest BCUT2D eigenvalue weighted by Crippen LogP contribution is -2.65. The number of rotatable bonds is 8. The molecule has 204 valence electrons. The van der Waals surface area contributed by atoms with Gasteiger partial charge in [-0.1, -0.05) is 43.5 Å². The molecule has 37 heavy (non-hydrogen) atoms. The third-order valence-electron chi connectivity index (χ3n) is 9.56. The van der Waals surface area contributed by atoms with Crippen molar-refractivity contribution >= 4 is 11.8 Å². The zero-order chi connectivity index (χ0) is 25.8. The lowest BCUT2D eigenvalue weighted by molar-refractivity contribution is -0.144. The highest BCUT2D eigenvalue weighted by Crippen LogP contribution is 2.32. The van der Waals surface area contributed by atoms with Gasteiger partial charge in [0.1, 0.15) is 6.04 Å². The average Bonchev–Trinajstić information content (AvgIpc) is 3.41. The van der Waals surface area contributed by atoms with Gasteiger partial charge in [-0.05, 0) is 82.5 Å². The Kier molecular flexibility index (Phi) is 8.83. The molecule has 7 nitrogen and oxygen atoms in total. The molecular weight excluding hydrogens is 462 g/mol. The van der Waals surface area contributed by atoms with Crippen LogP contribution in [0.5, 0.6) is 0 Å². The van der Waals surface area contributed by atoms with Gasteiger partial charge >= 0.3 is 0 Å². The van der Waals surface area contributed by atoms with E-state index in [1.807, 2.05) is 6.92 Å². The molecule has 1 saturated carbocycles. The second-order valence-corrected chi connectivity index (χ2v) is 11.9. The molecule has 0 spiro atoms. The number of carbonyl (C=O) groups excluding carboxylic acids is 2. The number of hydrogen-bond donors (Lipinski definition) is 3. The van der Waals surface area contributed by atoms with Gasteiger partial charge in [0.25, 0.3) is 0 Å². The number of amides is 2. The zero-order valence-electron chi connectivity index (χ0n) is 22.9. The Morgan fingerprint density at radius 3 is 2.62 bits per heavy atom. The maximum Gasteiger partial charge on any atom is 0.245 e.